The predicted octanol–water partition coefficient (Wildman–Crippen LogP) is 3.64. The average Bonchev–Trinajstić information content (AvgIpc) is 2.83. The molecule has 5 nitrogen and oxygen atoms in total. The molecule has 0 radical (unpaired) electrons. The zero-order chi connectivity index (χ0) is 18.6. The fourth-order valence-corrected chi connectivity index (χ4v) is 3.92. The van der Waals surface area contributed by atoms with Gasteiger partial charge in [0.05, 0.1) is 6.04 Å². The van der Waals surface area contributed by atoms with Gasteiger partial charge in [0.2, 0.25) is 0 Å². The maximum Gasteiger partial charge on any atom is 0.119 e. The van der Waals surface area contributed by atoms with Crippen LogP contribution in [-0.2, 0) is 0 Å². The number of allylic oxidation sites excluding steroid dienone is 2. The Balaban J connectivity index is 2.32. The standard InChI is InChI=1S/C20H31N5/c1-7-14(3)24-11-9-10-18(12-24)25-16(5)19(8-2)15(4)20(25)23-13-22-17(6)21/h7,13,15,18H,1,3,6,8-12,21H2,2,4-5H3/b22-13-,23-20+. The predicted molar refractivity (Wildman–Crippen MR) is 107 cm³/mol. The summed E-state index contributed by atoms with van der Waals surface area (Å²) >= 11 is 0. The zero-order valence-electron chi connectivity index (χ0n) is 15.8. The summed E-state index contributed by atoms with van der Waals surface area (Å²) in [6.45, 7) is 20.2. The van der Waals surface area contributed by atoms with Crippen molar-refractivity contribution in [1.29, 1.82) is 0 Å². The van der Waals surface area contributed by atoms with Crippen molar-refractivity contribution in [1.82, 2.24) is 9.80 Å². The van der Waals surface area contributed by atoms with E-state index in [1.165, 1.54) is 17.6 Å². The van der Waals surface area contributed by atoms with E-state index in [9.17, 15) is 0 Å². The second-order valence-corrected chi connectivity index (χ2v) is 6.72. The Hall–Kier alpha value is -2.30. The smallest absolute Gasteiger partial charge is 0.119 e. The molecule has 1 fully saturated rings. The normalized spacial score (nSPS) is 26.0. The lowest BCUT2D eigenvalue weighted by molar-refractivity contribution is 0.196. The fraction of sp³-hybridized carbons (Fsp3) is 0.500. The highest BCUT2D eigenvalue weighted by molar-refractivity contribution is 5.96. The molecular weight excluding hydrogens is 310 g/mol. The van der Waals surface area contributed by atoms with E-state index < -0.39 is 0 Å². The van der Waals surface area contributed by atoms with Crippen LogP contribution in [0.15, 0.2) is 58.6 Å². The van der Waals surface area contributed by atoms with Crippen molar-refractivity contribution in [3.8, 4) is 0 Å². The van der Waals surface area contributed by atoms with Gasteiger partial charge >= 0.3 is 0 Å². The number of nitrogens with two attached hydrogens (primary N) is 1. The van der Waals surface area contributed by atoms with E-state index >= 15 is 0 Å². The van der Waals surface area contributed by atoms with Crippen LogP contribution in [0.2, 0.25) is 0 Å². The first-order valence-corrected chi connectivity index (χ1v) is 9.00. The second-order valence-electron chi connectivity index (χ2n) is 6.72. The molecular formula is C20H31N5. The third-order valence-corrected chi connectivity index (χ3v) is 5.18. The summed E-state index contributed by atoms with van der Waals surface area (Å²) in [4.78, 5) is 13.4. The third-order valence-electron chi connectivity index (χ3n) is 5.18. The van der Waals surface area contributed by atoms with E-state index in [1.807, 2.05) is 6.08 Å². The Morgan fingerprint density at radius 2 is 2.12 bits per heavy atom. The molecule has 0 aromatic heterocycles. The lowest BCUT2D eigenvalue weighted by atomic mass is 10.00. The number of amidine groups is 1. The van der Waals surface area contributed by atoms with E-state index in [1.54, 1.807) is 0 Å². The summed E-state index contributed by atoms with van der Waals surface area (Å²) in [7, 11) is 0. The number of hydrogen-bond donors (Lipinski definition) is 1. The van der Waals surface area contributed by atoms with Crippen molar-refractivity contribution >= 4 is 12.2 Å². The Bertz CT molecular complexity index is 640. The zero-order valence-corrected chi connectivity index (χ0v) is 15.8. The van der Waals surface area contributed by atoms with Crippen molar-refractivity contribution in [2.24, 2.45) is 21.6 Å². The number of aliphatic imine (C=N–C) groups is 2. The van der Waals surface area contributed by atoms with Gasteiger partial charge in [-0.3, -0.25) is 0 Å². The van der Waals surface area contributed by atoms with Gasteiger partial charge in [-0.1, -0.05) is 33.6 Å². The summed E-state index contributed by atoms with van der Waals surface area (Å²) in [5.41, 5.74) is 9.29. The lowest BCUT2D eigenvalue weighted by Crippen LogP contribution is -2.48. The maximum atomic E-state index is 5.53. The van der Waals surface area contributed by atoms with Crippen LogP contribution in [0.4, 0.5) is 0 Å². The molecule has 2 aliphatic rings. The largest absolute Gasteiger partial charge is 0.384 e. The SMILES string of the molecule is C=CC(=C)N1CCCC(N2C(C)=C(CC)C(C)/C2=N\C=N/C(=C)N)C1. The molecule has 2 heterocycles. The molecule has 2 rings (SSSR count). The number of likely N-dealkylation sites (tertiary alicyclic amines) is 1. The van der Waals surface area contributed by atoms with Gasteiger partial charge < -0.3 is 15.5 Å². The van der Waals surface area contributed by atoms with Gasteiger partial charge in [0.25, 0.3) is 0 Å². The number of nitrogens with zero attached hydrogens (tertiary/aromatic N) is 4. The molecule has 0 saturated carbocycles. The molecule has 2 unspecified atom stereocenters. The molecule has 0 amide bonds. The number of hydrogen-bond acceptors (Lipinski definition) is 3. The van der Waals surface area contributed by atoms with Crippen molar-refractivity contribution < 1.29 is 0 Å². The molecule has 2 aliphatic heterocycles. The Morgan fingerprint density at radius 1 is 1.40 bits per heavy atom. The molecule has 0 bridgehead atoms. The summed E-state index contributed by atoms with van der Waals surface area (Å²) in [6.07, 6.45) is 6.67. The van der Waals surface area contributed by atoms with Crippen LogP contribution in [0.5, 0.6) is 0 Å². The molecule has 25 heavy (non-hydrogen) atoms. The molecule has 0 aromatic carbocycles. The lowest BCUT2D eigenvalue weighted by Gasteiger charge is -2.40. The topological polar surface area (TPSA) is 57.2 Å². The summed E-state index contributed by atoms with van der Waals surface area (Å²) in [6, 6.07) is 0.380. The van der Waals surface area contributed by atoms with Crippen LogP contribution >= 0.6 is 0 Å². The highest BCUT2D eigenvalue weighted by Gasteiger charge is 2.37. The summed E-state index contributed by atoms with van der Waals surface area (Å²) in [5, 5.41) is 0. The van der Waals surface area contributed by atoms with Gasteiger partial charge in [0.1, 0.15) is 18.0 Å². The minimum atomic E-state index is 0.271. The Morgan fingerprint density at radius 3 is 2.72 bits per heavy atom. The highest BCUT2D eigenvalue weighted by Crippen LogP contribution is 2.36. The van der Waals surface area contributed by atoms with Gasteiger partial charge in [-0.05, 0) is 37.8 Å². The number of rotatable bonds is 6. The van der Waals surface area contributed by atoms with E-state index in [0.717, 1.165) is 43.9 Å². The van der Waals surface area contributed by atoms with E-state index in [2.05, 4.69) is 60.3 Å². The number of piperidine rings is 1. The van der Waals surface area contributed by atoms with E-state index in [4.69, 9.17) is 5.73 Å². The minimum absolute atomic E-state index is 0.271. The van der Waals surface area contributed by atoms with Gasteiger partial charge in [0, 0.05) is 30.4 Å². The quantitative estimate of drug-likeness (QED) is 0.456. The average molecular weight is 342 g/mol. The van der Waals surface area contributed by atoms with Crippen LogP contribution in [0.1, 0.15) is 40.0 Å². The maximum absolute atomic E-state index is 5.53. The minimum Gasteiger partial charge on any atom is -0.384 e. The van der Waals surface area contributed by atoms with Crippen molar-refractivity contribution in [2.75, 3.05) is 13.1 Å². The molecule has 0 aliphatic carbocycles. The van der Waals surface area contributed by atoms with Crippen LogP contribution in [0.3, 0.4) is 0 Å². The van der Waals surface area contributed by atoms with E-state index in [-0.39, 0.29) is 5.82 Å². The molecule has 136 valence electrons. The molecule has 0 aromatic rings. The van der Waals surface area contributed by atoms with Crippen LogP contribution in [0.25, 0.3) is 0 Å². The fourth-order valence-electron chi connectivity index (χ4n) is 3.92. The summed E-state index contributed by atoms with van der Waals surface area (Å²) in [5.74, 6) is 1.61. The first-order chi connectivity index (χ1) is 11.9. The molecule has 2 atom stereocenters. The van der Waals surface area contributed by atoms with Crippen molar-refractivity contribution in [3.63, 3.8) is 0 Å². The molecule has 1 saturated heterocycles. The van der Waals surface area contributed by atoms with Crippen LogP contribution in [0, 0.1) is 5.92 Å². The molecule has 2 N–H and O–H groups in total. The monoisotopic (exact) mass is 341 g/mol. The Labute approximate surface area is 152 Å². The first kappa shape index (κ1) is 19.0. The molecule has 5 heteroatoms. The van der Waals surface area contributed by atoms with Crippen molar-refractivity contribution in [3.05, 3.63) is 48.6 Å². The van der Waals surface area contributed by atoms with Crippen LogP contribution < -0.4 is 5.73 Å². The van der Waals surface area contributed by atoms with Crippen LogP contribution in [-0.4, -0.2) is 41.1 Å². The Kier molecular flexibility index (Phi) is 6.23. The van der Waals surface area contributed by atoms with Gasteiger partial charge in [0.15, 0.2) is 0 Å². The van der Waals surface area contributed by atoms with E-state index in [0.29, 0.717) is 12.0 Å². The third kappa shape index (κ3) is 4.03. The first-order valence-electron chi connectivity index (χ1n) is 9.00. The molecule has 0 spiro atoms. The summed E-state index contributed by atoms with van der Waals surface area (Å²) < 4.78 is 0. The van der Waals surface area contributed by atoms with Crippen molar-refractivity contribution in [2.45, 2.75) is 46.1 Å². The van der Waals surface area contributed by atoms with Gasteiger partial charge in [-0.15, -0.1) is 0 Å². The second kappa shape index (κ2) is 8.19. The van der Waals surface area contributed by atoms with Gasteiger partial charge in [-0.25, -0.2) is 9.98 Å². The highest BCUT2D eigenvalue weighted by atomic mass is 15.3. The van der Waals surface area contributed by atoms with Gasteiger partial charge in [-0.2, -0.15) is 0 Å².